The maximum absolute atomic E-state index is 14.9. The third-order valence-electron chi connectivity index (χ3n) is 7.04. The van der Waals surface area contributed by atoms with Crippen LogP contribution in [0.1, 0.15) is 19.7 Å². The largest absolute Gasteiger partial charge is 0.383 e. The Bertz CT molecular complexity index is 1450. The average Bonchev–Trinajstić information content (AvgIpc) is 2.82. The van der Waals surface area contributed by atoms with E-state index >= 15 is 0 Å². The molecule has 0 spiro atoms. The number of pyridine rings is 1. The molecule has 7 nitrogen and oxygen atoms in total. The lowest BCUT2D eigenvalue weighted by atomic mass is 9.99. The number of benzene rings is 2. The molecule has 0 aliphatic carbocycles. The van der Waals surface area contributed by atoms with Gasteiger partial charge in [-0.1, -0.05) is 18.2 Å². The summed E-state index contributed by atoms with van der Waals surface area (Å²) < 4.78 is 14.9. The van der Waals surface area contributed by atoms with E-state index in [0.29, 0.717) is 39.9 Å². The predicted octanol–water partition coefficient (Wildman–Crippen LogP) is 4.21. The molecule has 0 unspecified atom stereocenters. The number of nitrogens with zero attached hydrogens (tertiary/aromatic N) is 4. The summed E-state index contributed by atoms with van der Waals surface area (Å²) in [7, 11) is 2.16. The van der Waals surface area contributed by atoms with Gasteiger partial charge in [0.25, 0.3) is 5.56 Å². The minimum absolute atomic E-state index is 0.0872. The van der Waals surface area contributed by atoms with Crippen LogP contribution in [0.3, 0.4) is 0 Å². The van der Waals surface area contributed by atoms with Crippen molar-refractivity contribution in [1.29, 1.82) is 0 Å². The number of likely N-dealkylation sites (N-methyl/N-ethyl adjacent to an activating group) is 1. The molecule has 8 heteroatoms. The van der Waals surface area contributed by atoms with Gasteiger partial charge in [0, 0.05) is 42.0 Å². The second-order valence-corrected chi connectivity index (χ2v) is 9.46. The molecule has 180 valence electrons. The van der Waals surface area contributed by atoms with Crippen molar-refractivity contribution in [3.05, 3.63) is 70.7 Å². The number of anilines is 2. The van der Waals surface area contributed by atoms with Crippen LogP contribution in [-0.4, -0.2) is 52.1 Å². The van der Waals surface area contributed by atoms with Crippen LogP contribution in [0.15, 0.2) is 53.3 Å². The Balaban J connectivity index is 1.50. The Morgan fingerprint density at radius 1 is 0.971 bits per heavy atom. The lowest BCUT2D eigenvalue weighted by molar-refractivity contribution is 0.170. The van der Waals surface area contributed by atoms with Crippen LogP contribution < -0.4 is 16.2 Å². The van der Waals surface area contributed by atoms with E-state index < -0.39 is 5.95 Å². The number of fused-ring (bicyclic) bond motifs is 1. The summed E-state index contributed by atoms with van der Waals surface area (Å²) in [5.74, 6) is -0.00833. The molecule has 1 fully saturated rings. The van der Waals surface area contributed by atoms with Crippen LogP contribution in [-0.2, 0) is 0 Å². The number of nitrogens with one attached hydrogen (secondary N) is 1. The Labute approximate surface area is 203 Å². The smallest absolute Gasteiger partial charge is 0.258 e. The minimum atomic E-state index is -0.618. The first-order chi connectivity index (χ1) is 16.7. The van der Waals surface area contributed by atoms with Gasteiger partial charge in [-0.25, -0.2) is 9.97 Å². The molecule has 4 aromatic rings. The quantitative estimate of drug-likeness (QED) is 0.434. The molecule has 0 bridgehead atoms. The van der Waals surface area contributed by atoms with Crippen LogP contribution in [0, 0.1) is 12.9 Å². The number of rotatable bonds is 3. The number of piperazine rings is 1. The highest BCUT2D eigenvalue weighted by Gasteiger charge is 2.26. The highest BCUT2D eigenvalue weighted by atomic mass is 19.1. The van der Waals surface area contributed by atoms with Gasteiger partial charge in [-0.2, -0.15) is 4.39 Å². The Morgan fingerprint density at radius 3 is 2.31 bits per heavy atom. The predicted molar refractivity (Wildman–Crippen MR) is 139 cm³/mol. The first-order valence-electron chi connectivity index (χ1n) is 11.8. The normalized spacial score (nSPS) is 18.8. The molecule has 1 aliphatic rings. The van der Waals surface area contributed by atoms with Gasteiger partial charge in [-0.3, -0.25) is 9.69 Å². The molecule has 1 saturated heterocycles. The van der Waals surface area contributed by atoms with Crippen molar-refractivity contribution in [2.45, 2.75) is 32.9 Å². The zero-order valence-corrected chi connectivity index (χ0v) is 20.3. The Kier molecular flexibility index (Phi) is 5.76. The summed E-state index contributed by atoms with van der Waals surface area (Å²) in [6.45, 7) is 8.08. The molecule has 2 aromatic carbocycles. The molecule has 0 radical (unpaired) electrons. The van der Waals surface area contributed by atoms with E-state index in [4.69, 9.17) is 5.73 Å². The van der Waals surface area contributed by atoms with Crippen LogP contribution in [0.25, 0.3) is 33.2 Å². The number of halogens is 1. The van der Waals surface area contributed by atoms with E-state index in [1.807, 2.05) is 24.3 Å². The monoisotopic (exact) mass is 472 g/mol. The van der Waals surface area contributed by atoms with Crippen LogP contribution >= 0.6 is 0 Å². The van der Waals surface area contributed by atoms with E-state index in [2.05, 4.69) is 45.6 Å². The van der Waals surface area contributed by atoms with Crippen molar-refractivity contribution in [2.24, 2.45) is 0 Å². The summed E-state index contributed by atoms with van der Waals surface area (Å²) in [4.78, 5) is 28.1. The second kappa shape index (κ2) is 8.78. The number of H-pyrrole nitrogens is 1. The number of nitrogens with two attached hydrogens (primary N) is 1. The van der Waals surface area contributed by atoms with Crippen molar-refractivity contribution >= 4 is 22.4 Å². The van der Waals surface area contributed by atoms with Gasteiger partial charge in [-0.15, -0.1) is 0 Å². The lowest BCUT2D eigenvalue weighted by Gasteiger charge is -2.43. The highest BCUT2D eigenvalue weighted by molar-refractivity contribution is 5.87. The van der Waals surface area contributed by atoms with E-state index in [-0.39, 0.29) is 11.4 Å². The topological polar surface area (TPSA) is 91.1 Å². The maximum Gasteiger partial charge on any atom is 0.258 e. The minimum Gasteiger partial charge on any atom is -0.383 e. The summed E-state index contributed by atoms with van der Waals surface area (Å²) in [6.07, 6.45) is 0. The van der Waals surface area contributed by atoms with Crippen molar-refractivity contribution < 1.29 is 4.39 Å². The number of aromatic nitrogens is 3. The van der Waals surface area contributed by atoms with E-state index in [9.17, 15) is 9.18 Å². The summed E-state index contributed by atoms with van der Waals surface area (Å²) >= 11 is 0. The molecular formula is C27H29FN6O. The van der Waals surface area contributed by atoms with Crippen LogP contribution in [0.4, 0.5) is 15.9 Å². The first-order valence-corrected chi connectivity index (χ1v) is 11.8. The van der Waals surface area contributed by atoms with E-state index in [0.717, 1.165) is 29.9 Å². The number of hydrogen-bond donors (Lipinski definition) is 2. The molecule has 35 heavy (non-hydrogen) atoms. The number of aryl methyl sites for hydroxylation is 1. The van der Waals surface area contributed by atoms with Crippen molar-refractivity contribution in [3.63, 3.8) is 0 Å². The molecule has 5 rings (SSSR count). The van der Waals surface area contributed by atoms with Crippen molar-refractivity contribution in [2.75, 3.05) is 30.8 Å². The standard InChI is InChI=1S/C27H29FN6O/c1-15-13-34(14-16(2)33(15)4)20-8-5-18(6-9-20)22-12-23(26(29)32-25(22)28)19-7-10-21-24(11-19)30-17(3)31-27(21)35/h5-12,15-16H,13-14H2,1-4H3,(H2,29,32)(H,30,31,35)/t15-,16+. The number of aromatic amines is 1. The maximum atomic E-state index is 14.9. The Hall–Kier alpha value is -3.78. The van der Waals surface area contributed by atoms with Crippen molar-refractivity contribution in [3.8, 4) is 22.3 Å². The van der Waals surface area contributed by atoms with Gasteiger partial charge in [0.05, 0.1) is 10.9 Å². The van der Waals surface area contributed by atoms with E-state index in [1.54, 1.807) is 31.2 Å². The lowest BCUT2D eigenvalue weighted by Crippen LogP contribution is -2.55. The molecule has 3 N–H and O–H groups in total. The molecule has 1 aliphatic heterocycles. The Morgan fingerprint density at radius 2 is 1.63 bits per heavy atom. The van der Waals surface area contributed by atoms with Gasteiger partial charge in [0.2, 0.25) is 5.95 Å². The molecule has 0 saturated carbocycles. The number of nitrogen functional groups attached to an aromatic ring is 1. The first kappa shape index (κ1) is 23.0. The van der Waals surface area contributed by atoms with Gasteiger partial charge in [-0.05, 0) is 69.3 Å². The summed E-state index contributed by atoms with van der Waals surface area (Å²) in [5.41, 5.74) is 9.99. The van der Waals surface area contributed by atoms with Gasteiger partial charge >= 0.3 is 0 Å². The molecule has 2 atom stereocenters. The van der Waals surface area contributed by atoms with Gasteiger partial charge in [0.15, 0.2) is 0 Å². The molecule has 2 aromatic heterocycles. The van der Waals surface area contributed by atoms with Crippen LogP contribution in [0.2, 0.25) is 0 Å². The van der Waals surface area contributed by atoms with Crippen LogP contribution in [0.5, 0.6) is 0 Å². The molecule has 3 heterocycles. The third kappa shape index (κ3) is 4.25. The fourth-order valence-electron chi connectivity index (χ4n) is 4.83. The second-order valence-electron chi connectivity index (χ2n) is 9.46. The van der Waals surface area contributed by atoms with E-state index in [1.165, 1.54) is 0 Å². The zero-order chi connectivity index (χ0) is 24.9. The molecule has 0 amide bonds. The van der Waals surface area contributed by atoms with Crippen molar-refractivity contribution in [1.82, 2.24) is 19.9 Å². The fourth-order valence-corrected chi connectivity index (χ4v) is 4.83. The summed E-state index contributed by atoms with van der Waals surface area (Å²) in [5, 5.41) is 0.483. The summed E-state index contributed by atoms with van der Waals surface area (Å²) in [6, 6.07) is 15.8. The van der Waals surface area contributed by atoms with Gasteiger partial charge < -0.3 is 15.6 Å². The zero-order valence-electron chi connectivity index (χ0n) is 20.3. The third-order valence-corrected chi connectivity index (χ3v) is 7.04. The SMILES string of the molecule is Cc1nc2cc(-c3cc(-c4ccc(N5C[C@@H](C)N(C)[C@@H](C)C5)cc4)c(F)nc3N)ccc2c(=O)[nH]1. The average molecular weight is 473 g/mol. The van der Waals surface area contributed by atoms with Gasteiger partial charge in [0.1, 0.15) is 11.6 Å². The molecular weight excluding hydrogens is 443 g/mol. The number of hydrogen-bond acceptors (Lipinski definition) is 6. The fraction of sp³-hybridized carbons (Fsp3) is 0.296. The highest BCUT2D eigenvalue weighted by Crippen LogP contribution is 2.33.